The first-order chi connectivity index (χ1) is 8.36. The summed E-state index contributed by atoms with van der Waals surface area (Å²) in [5.41, 5.74) is 7.07. The van der Waals surface area contributed by atoms with Gasteiger partial charge in [0.1, 0.15) is 5.75 Å². The molecule has 2 atom stereocenters. The molecule has 0 radical (unpaired) electrons. The zero-order valence-electron chi connectivity index (χ0n) is 11.1. The second-order valence-corrected chi connectivity index (χ2v) is 4.93. The van der Waals surface area contributed by atoms with Crippen LogP contribution in [0, 0.1) is 5.92 Å². The van der Waals surface area contributed by atoms with E-state index in [4.69, 9.17) is 10.5 Å². The molecule has 18 heavy (non-hydrogen) atoms. The van der Waals surface area contributed by atoms with Crippen LogP contribution < -0.4 is 10.5 Å². The van der Waals surface area contributed by atoms with Crippen LogP contribution in [0.25, 0.3) is 0 Å². The number of unbranched alkanes of at least 4 members (excludes halogenated alkanes) is 2. The van der Waals surface area contributed by atoms with Crippen molar-refractivity contribution >= 4 is 12.4 Å². The first-order valence-electron chi connectivity index (χ1n) is 6.78. The highest BCUT2D eigenvalue weighted by atomic mass is 35.5. The fourth-order valence-electron chi connectivity index (χ4n) is 2.34. The molecule has 0 heterocycles. The van der Waals surface area contributed by atoms with Crippen LogP contribution in [-0.4, -0.2) is 13.2 Å². The van der Waals surface area contributed by atoms with Gasteiger partial charge < -0.3 is 10.5 Å². The van der Waals surface area contributed by atoms with E-state index in [0.717, 1.165) is 25.3 Å². The van der Waals surface area contributed by atoms with E-state index in [0.29, 0.717) is 11.8 Å². The number of hydrogen-bond acceptors (Lipinski definition) is 2. The molecule has 1 saturated carbocycles. The van der Waals surface area contributed by atoms with Crippen molar-refractivity contribution < 1.29 is 4.74 Å². The number of hydrogen-bond donors (Lipinski definition) is 1. The Morgan fingerprint density at radius 1 is 1.28 bits per heavy atom. The number of nitrogens with two attached hydrogens (primary N) is 1. The molecule has 0 aliphatic heterocycles. The van der Waals surface area contributed by atoms with Gasteiger partial charge in [-0.25, -0.2) is 0 Å². The Morgan fingerprint density at radius 2 is 2.06 bits per heavy atom. The van der Waals surface area contributed by atoms with E-state index < -0.39 is 0 Å². The maximum Gasteiger partial charge on any atom is 0.122 e. The van der Waals surface area contributed by atoms with E-state index in [1.165, 1.54) is 24.8 Å². The lowest BCUT2D eigenvalue weighted by Crippen LogP contribution is -2.03. The molecular formula is C15H24ClNO. The molecule has 1 aromatic rings. The minimum absolute atomic E-state index is 0. The van der Waals surface area contributed by atoms with Crippen molar-refractivity contribution in [2.45, 2.75) is 38.5 Å². The van der Waals surface area contributed by atoms with E-state index in [2.05, 4.69) is 31.2 Å². The minimum atomic E-state index is 0. The SMILES string of the molecule is CCCCCOc1ccccc1[C@H]1C[C@@H]1CN.Cl. The molecule has 0 unspecified atom stereocenters. The summed E-state index contributed by atoms with van der Waals surface area (Å²) in [5.74, 6) is 2.39. The quantitative estimate of drug-likeness (QED) is 0.766. The average Bonchev–Trinajstić information content (AvgIpc) is 3.14. The Morgan fingerprint density at radius 3 is 2.72 bits per heavy atom. The lowest BCUT2D eigenvalue weighted by molar-refractivity contribution is 0.303. The summed E-state index contributed by atoms with van der Waals surface area (Å²) in [6, 6.07) is 8.43. The smallest absolute Gasteiger partial charge is 0.122 e. The van der Waals surface area contributed by atoms with E-state index in [-0.39, 0.29) is 12.4 Å². The van der Waals surface area contributed by atoms with Gasteiger partial charge in [-0.1, -0.05) is 38.0 Å². The summed E-state index contributed by atoms with van der Waals surface area (Å²) in [6.07, 6.45) is 4.86. The summed E-state index contributed by atoms with van der Waals surface area (Å²) < 4.78 is 5.89. The predicted octanol–water partition coefficient (Wildman–Crippen LogP) is 3.74. The summed E-state index contributed by atoms with van der Waals surface area (Å²) in [5, 5.41) is 0. The fraction of sp³-hybridized carbons (Fsp3) is 0.600. The van der Waals surface area contributed by atoms with Crippen molar-refractivity contribution in [2.24, 2.45) is 11.7 Å². The molecule has 0 aromatic heterocycles. The van der Waals surface area contributed by atoms with Gasteiger partial charge in [-0.05, 0) is 42.9 Å². The van der Waals surface area contributed by atoms with E-state index in [1.54, 1.807) is 0 Å². The molecule has 2 N–H and O–H groups in total. The molecule has 0 saturated heterocycles. The van der Waals surface area contributed by atoms with Gasteiger partial charge in [0.05, 0.1) is 6.61 Å². The van der Waals surface area contributed by atoms with Gasteiger partial charge in [-0.15, -0.1) is 12.4 Å². The van der Waals surface area contributed by atoms with Crippen LogP contribution >= 0.6 is 12.4 Å². The molecule has 1 aliphatic carbocycles. The summed E-state index contributed by atoms with van der Waals surface area (Å²) >= 11 is 0. The third kappa shape index (κ3) is 3.89. The van der Waals surface area contributed by atoms with Crippen LogP contribution in [0.1, 0.15) is 44.1 Å². The van der Waals surface area contributed by atoms with E-state index in [9.17, 15) is 0 Å². The Hall–Kier alpha value is -0.730. The van der Waals surface area contributed by atoms with Gasteiger partial charge >= 0.3 is 0 Å². The highest BCUT2D eigenvalue weighted by molar-refractivity contribution is 5.85. The molecular weight excluding hydrogens is 246 g/mol. The minimum Gasteiger partial charge on any atom is -0.493 e. The monoisotopic (exact) mass is 269 g/mol. The van der Waals surface area contributed by atoms with Crippen LogP contribution in [0.15, 0.2) is 24.3 Å². The summed E-state index contributed by atoms with van der Waals surface area (Å²) in [6.45, 7) is 3.85. The molecule has 2 nitrogen and oxygen atoms in total. The number of halogens is 1. The van der Waals surface area contributed by atoms with Gasteiger partial charge in [0.2, 0.25) is 0 Å². The number of rotatable bonds is 7. The van der Waals surface area contributed by atoms with Crippen LogP contribution in [0.2, 0.25) is 0 Å². The van der Waals surface area contributed by atoms with Gasteiger partial charge in [-0.2, -0.15) is 0 Å². The molecule has 2 rings (SSSR count). The maximum absolute atomic E-state index is 5.89. The van der Waals surface area contributed by atoms with Gasteiger partial charge in [0.25, 0.3) is 0 Å². The molecule has 0 spiro atoms. The molecule has 3 heteroatoms. The highest BCUT2D eigenvalue weighted by Crippen LogP contribution is 2.49. The van der Waals surface area contributed by atoms with Crippen molar-refractivity contribution in [3.63, 3.8) is 0 Å². The average molecular weight is 270 g/mol. The third-order valence-electron chi connectivity index (χ3n) is 3.55. The molecule has 0 bridgehead atoms. The molecule has 1 fully saturated rings. The van der Waals surface area contributed by atoms with Gasteiger partial charge in [0, 0.05) is 0 Å². The van der Waals surface area contributed by atoms with Crippen LogP contribution in [0.4, 0.5) is 0 Å². The Labute approximate surface area is 116 Å². The van der Waals surface area contributed by atoms with Crippen molar-refractivity contribution in [1.29, 1.82) is 0 Å². The highest BCUT2D eigenvalue weighted by Gasteiger charge is 2.38. The van der Waals surface area contributed by atoms with Gasteiger partial charge in [0.15, 0.2) is 0 Å². The second kappa shape index (κ2) is 7.65. The molecule has 102 valence electrons. The lowest BCUT2D eigenvalue weighted by Gasteiger charge is -2.11. The van der Waals surface area contributed by atoms with Crippen molar-refractivity contribution in [3.8, 4) is 5.75 Å². The first-order valence-corrected chi connectivity index (χ1v) is 6.78. The van der Waals surface area contributed by atoms with Crippen molar-refractivity contribution in [3.05, 3.63) is 29.8 Å². The zero-order valence-corrected chi connectivity index (χ0v) is 11.9. The zero-order chi connectivity index (χ0) is 12.1. The number of para-hydroxylation sites is 1. The van der Waals surface area contributed by atoms with Crippen molar-refractivity contribution in [1.82, 2.24) is 0 Å². The van der Waals surface area contributed by atoms with Crippen LogP contribution in [0.5, 0.6) is 5.75 Å². The number of benzene rings is 1. The first kappa shape index (κ1) is 15.3. The molecule has 1 aromatic carbocycles. The number of ether oxygens (including phenoxy) is 1. The second-order valence-electron chi connectivity index (χ2n) is 4.93. The topological polar surface area (TPSA) is 35.2 Å². The lowest BCUT2D eigenvalue weighted by atomic mass is 10.1. The maximum atomic E-state index is 5.89. The molecule has 0 amide bonds. The largest absolute Gasteiger partial charge is 0.493 e. The van der Waals surface area contributed by atoms with Gasteiger partial charge in [-0.3, -0.25) is 0 Å². The Bertz CT molecular complexity index is 356. The van der Waals surface area contributed by atoms with Crippen molar-refractivity contribution in [2.75, 3.05) is 13.2 Å². The Kier molecular flexibility index (Phi) is 6.51. The standard InChI is InChI=1S/C15H23NO.ClH/c1-2-3-6-9-17-15-8-5-4-7-13(15)14-10-12(14)11-16;/h4-5,7-8,12,14H,2-3,6,9-11,16H2,1H3;1H/t12-,14+;/m1./s1. The normalized spacial score (nSPS) is 21.2. The van der Waals surface area contributed by atoms with Crippen LogP contribution in [-0.2, 0) is 0 Å². The third-order valence-corrected chi connectivity index (χ3v) is 3.55. The molecule has 1 aliphatic rings. The van der Waals surface area contributed by atoms with Crippen LogP contribution in [0.3, 0.4) is 0 Å². The fourth-order valence-corrected chi connectivity index (χ4v) is 2.34. The summed E-state index contributed by atoms with van der Waals surface area (Å²) in [4.78, 5) is 0. The Balaban J connectivity index is 0.00000162. The predicted molar refractivity (Wildman–Crippen MR) is 78.6 cm³/mol. The van der Waals surface area contributed by atoms with E-state index >= 15 is 0 Å². The van der Waals surface area contributed by atoms with E-state index in [1.807, 2.05) is 0 Å². The summed E-state index contributed by atoms with van der Waals surface area (Å²) in [7, 11) is 0.